The van der Waals surface area contributed by atoms with Crippen LogP contribution in [0.15, 0.2) is 29.8 Å². The molecule has 2 rings (SSSR count). The van der Waals surface area contributed by atoms with E-state index in [0.717, 1.165) is 6.42 Å². The van der Waals surface area contributed by atoms with Gasteiger partial charge < -0.3 is 0 Å². The number of hydrogen-bond donors (Lipinski definition) is 0. The van der Waals surface area contributed by atoms with Crippen LogP contribution in [0.25, 0.3) is 6.08 Å². The van der Waals surface area contributed by atoms with Crippen LogP contribution >= 0.6 is 20.1 Å². The van der Waals surface area contributed by atoms with Crippen LogP contribution in [0.5, 0.6) is 0 Å². The number of hydrogen-bond acceptors (Lipinski definition) is 0. The minimum atomic E-state index is -0.181. The predicted molar refractivity (Wildman–Crippen MR) is 55.5 cm³/mol. The molecule has 0 N–H and O–H groups in total. The predicted octanol–water partition coefficient (Wildman–Crippen LogP) is 4.02. The average molecular weight is 253 g/mol. The minimum absolute atomic E-state index is 0.181. The van der Waals surface area contributed by atoms with Crippen molar-refractivity contribution in [3.63, 3.8) is 0 Å². The maximum absolute atomic E-state index is 4.83. The summed E-state index contributed by atoms with van der Waals surface area (Å²) in [4.78, 5) is 0. The molecule has 0 heterocycles. The number of halogens is 2. The van der Waals surface area contributed by atoms with Crippen LogP contribution in [0.3, 0.4) is 0 Å². The topological polar surface area (TPSA) is 0 Å². The van der Waals surface area contributed by atoms with Crippen LogP contribution < -0.4 is 0 Å². The van der Waals surface area contributed by atoms with E-state index in [1.807, 2.05) is 0 Å². The van der Waals surface area contributed by atoms with Gasteiger partial charge in [0.2, 0.25) is 0 Å². The van der Waals surface area contributed by atoms with Gasteiger partial charge in [0.05, 0.1) is 0 Å². The van der Waals surface area contributed by atoms with E-state index in [1.54, 1.807) is 0 Å². The second-order valence-electron chi connectivity index (χ2n) is 2.92. The molecule has 1 aromatic carbocycles. The molecule has 1 aliphatic rings. The number of rotatable bonds is 0. The van der Waals surface area contributed by atoms with E-state index in [0.29, 0.717) is 0 Å². The van der Waals surface area contributed by atoms with Crippen molar-refractivity contribution >= 4 is 26.2 Å². The molecule has 0 spiro atoms. The van der Waals surface area contributed by atoms with Crippen LogP contribution in [-0.2, 0) is 19.8 Å². The van der Waals surface area contributed by atoms with Crippen molar-refractivity contribution < 1.29 is 13.4 Å². The van der Waals surface area contributed by atoms with Crippen LogP contribution in [0.1, 0.15) is 18.1 Å². The third kappa shape index (κ3) is 3.37. The summed E-state index contributed by atoms with van der Waals surface area (Å²) < 4.78 is 0. The number of benzene rings is 1. The quantitative estimate of drug-likeness (QED) is 0.655. The van der Waals surface area contributed by atoms with E-state index in [4.69, 9.17) is 20.1 Å². The molecule has 0 saturated heterocycles. The molecule has 0 amide bonds. The summed E-state index contributed by atoms with van der Waals surface area (Å²) in [6.07, 6.45) is 3.41. The molecule has 0 aromatic heterocycles. The fourth-order valence-electron chi connectivity index (χ4n) is 1.45. The molecule has 0 bridgehead atoms. The van der Waals surface area contributed by atoms with E-state index in [2.05, 4.69) is 37.3 Å². The Morgan fingerprint density at radius 3 is 2.46 bits per heavy atom. The first-order valence-corrected chi connectivity index (χ1v) is 7.43. The van der Waals surface area contributed by atoms with Gasteiger partial charge in [0.15, 0.2) is 0 Å². The van der Waals surface area contributed by atoms with Gasteiger partial charge in [-0.25, -0.2) is 0 Å². The maximum atomic E-state index is 4.83. The molecule has 0 unspecified atom stereocenters. The van der Waals surface area contributed by atoms with Gasteiger partial charge in [-0.1, -0.05) is 35.9 Å². The fraction of sp³-hybridized carbons (Fsp3) is 0.200. The average Bonchev–Trinajstić information content (AvgIpc) is 2.45. The second kappa shape index (κ2) is 5.73. The Labute approximate surface area is 93.7 Å². The van der Waals surface area contributed by atoms with Gasteiger partial charge in [0.25, 0.3) is 0 Å². The van der Waals surface area contributed by atoms with Gasteiger partial charge in [0.1, 0.15) is 0 Å². The standard InChI is InChI=1S/C10H10.2ClH.Cr/c1-8-6-9-4-2-3-5-10(9)7-8;;;/h2-6H,7H2,1H3;2*1H;/q;;;+2/p-2. The molecule has 70 valence electrons. The molecule has 0 aliphatic heterocycles. The summed E-state index contributed by atoms with van der Waals surface area (Å²) >= 11 is -0.181. The molecular formula is C10H10Cl2Cr. The molecular weight excluding hydrogens is 243 g/mol. The molecule has 1 aromatic rings. The molecule has 0 nitrogen and oxygen atoms in total. The SMILES string of the molecule is CC1=Cc2ccccc2C1.[Cl][Cr][Cl]. The van der Waals surface area contributed by atoms with Gasteiger partial charge in [-0.15, -0.1) is 0 Å². The van der Waals surface area contributed by atoms with Crippen molar-refractivity contribution in [1.82, 2.24) is 0 Å². The summed E-state index contributed by atoms with van der Waals surface area (Å²) in [6, 6.07) is 8.56. The molecule has 13 heavy (non-hydrogen) atoms. The third-order valence-electron chi connectivity index (χ3n) is 1.93. The molecule has 0 fully saturated rings. The summed E-state index contributed by atoms with van der Waals surface area (Å²) in [5.74, 6) is 0. The summed E-state index contributed by atoms with van der Waals surface area (Å²) in [7, 11) is 9.65. The Balaban J connectivity index is 0.000000251. The van der Waals surface area contributed by atoms with Gasteiger partial charge in [0, 0.05) is 0 Å². The summed E-state index contributed by atoms with van der Waals surface area (Å²) in [5.41, 5.74) is 4.35. The van der Waals surface area contributed by atoms with Crippen LogP contribution in [0.4, 0.5) is 0 Å². The monoisotopic (exact) mass is 252 g/mol. The second-order valence-corrected chi connectivity index (χ2v) is 5.03. The molecule has 3 heteroatoms. The summed E-state index contributed by atoms with van der Waals surface area (Å²) in [5, 5.41) is 0. The number of allylic oxidation sites excluding steroid dienone is 1. The van der Waals surface area contributed by atoms with Crippen molar-refractivity contribution in [3.05, 3.63) is 41.0 Å². The normalized spacial score (nSPS) is 12.7. The fourth-order valence-corrected chi connectivity index (χ4v) is 1.45. The van der Waals surface area contributed by atoms with Crippen molar-refractivity contribution in [2.45, 2.75) is 13.3 Å². The van der Waals surface area contributed by atoms with Crippen LogP contribution in [0, 0.1) is 0 Å². The van der Waals surface area contributed by atoms with E-state index < -0.39 is 0 Å². The first kappa shape index (κ1) is 11.1. The van der Waals surface area contributed by atoms with Crippen molar-refractivity contribution in [2.24, 2.45) is 0 Å². The van der Waals surface area contributed by atoms with Gasteiger partial charge in [-0.3, -0.25) is 0 Å². The molecule has 0 atom stereocenters. The van der Waals surface area contributed by atoms with Gasteiger partial charge in [-0.05, 0) is 24.5 Å². The van der Waals surface area contributed by atoms with Gasteiger partial charge >= 0.3 is 33.5 Å². The molecule has 0 saturated carbocycles. The summed E-state index contributed by atoms with van der Waals surface area (Å²) in [6.45, 7) is 2.18. The Morgan fingerprint density at radius 1 is 1.23 bits per heavy atom. The molecule has 1 aliphatic carbocycles. The zero-order valence-corrected chi connectivity index (χ0v) is 10.0. The van der Waals surface area contributed by atoms with Crippen molar-refractivity contribution in [2.75, 3.05) is 0 Å². The van der Waals surface area contributed by atoms with E-state index in [1.165, 1.54) is 16.7 Å². The first-order chi connectivity index (χ1) is 6.27. The third-order valence-corrected chi connectivity index (χ3v) is 1.93. The zero-order valence-electron chi connectivity index (χ0n) is 7.26. The van der Waals surface area contributed by atoms with Crippen LogP contribution in [-0.4, -0.2) is 0 Å². The Hall–Kier alpha value is 0.0725. The Morgan fingerprint density at radius 2 is 1.85 bits per heavy atom. The van der Waals surface area contributed by atoms with E-state index in [-0.39, 0.29) is 13.4 Å². The van der Waals surface area contributed by atoms with Crippen molar-refractivity contribution in [1.29, 1.82) is 0 Å². The first-order valence-electron chi connectivity index (χ1n) is 3.92. The Kier molecular flexibility index (Phi) is 4.91. The Bertz CT molecular complexity index is 308. The number of fused-ring (bicyclic) bond motifs is 1. The van der Waals surface area contributed by atoms with Crippen molar-refractivity contribution in [3.8, 4) is 0 Å². The van der Waals surface area contributed by atoms with E-state index >= 15 is 0 Å². The van der Waals surface area contributed by atoms with E-state index in [9.17, 15) is 0 Å². The molecule has 0 radical (unpaired) electrons. The van der Waals surface area contributed by atoms with Crippen LogP contribution in [0.2, 0.25) is 0 Å². The van der Waals surface area contributed by atoms with Gasteiger partial charge in [-0.2, -0.15) is 0 Å². The zero-order chi connectivity index (χ0) is 9.68.